The van der Waals surface area contributed by atoms with Crippen molar-refractivity contribution in [2.75, 3.05) is 6.54 Å². The second-order valence-corrected chi connectivity index (χ2v) is 4.74. The average molecular weight is 255 g/mol. The number of phenols is 1. The van der Waals surface area contributed by atoms with E-state index in [4.69, 9.17) is 0 Å². The van der Waals surface area contributed by atoms with E-state index in [-0.39, 0.29) is 17.6 Å². The van der Waals surface area contributed by atoms with Crippen LogP contribution in [0.4, 0.5) is 4.39 Å². The molecule has 1 aromatic rings. The van der Waals surface area contributed by atoms with E-state index >= 15 is 0 Å². The summed E-state index contributed by atoms with van der Waals surface area (Å²) in [4.78, 5) is 0. The molecule has 0 aliphatic rings. The van der Waals surface area contributed by atoms with E-state index in [9.17, 15) is 14.6 Å². The predicted molar refractivity (Wildman–Crippen MR) is 70.0 cm³/mol. The molecule has 0 radical (unpaired) electrons. The summed E-state index contributed by atoms with van der Waals surface area (Å²) in [5.41, 5.74) is -0.249. The number of aromatic hydroxyl groups is 1. The van der Waals surface area contributed by atoms with Gasteiger partial charge >= 0.3 is 0 Å². The SMILES string of the molecule is CCC(O)(CC)CNC(C)c1cc(F)ccc1O. The van der Waals surface area contributed by atoms with Gasteiger partial charge in [-0.15, -0.1) is 0 Å². The summed E-state index contributed by atoms with van der Waals surface area (Å²) < 4.78 is 13.1. The predicted octanol–water partition coefficient (Wildman–Crippen LogP) is 2.73. The molecule has 0 aromatic heterocycles. The van der Waals surface area contributed by atoms with Crippen molar-refractivity contribution in [2.45, 2.75) is 45.3 Å². The molecule has 0 aliphatic carbocycles. The maximum atomic E-state index is 13.1. The molecule has 0 bridgehead atoms. The van der Waals surface area contributed by atoms with Crippen LogP contribution >= 0.6 is 0 Å². The van der Waals surface area contributed by atoms with Crippen molar-refractivity contribution in [3.63, 3.8) is 0 Å². The van der Waals surface area contributed by atoms with Crippen molar-refractivity contribution >= 4 is 0 Å². The van der Waals surface area contributed by atoms with Gasteiger partial charge in [-0.25, -0.2) is 4.39 Å². The summed E-state index contributed by atoms with van der Waals surface area (Å²) >= 11 is 0. The Morgan fingerprint density at radius 2 is 1.94 bits per heavy atom. The quantitative estimate of drug-likeness (QED) is 0.732. The van der Waals surface area contributed by atoms with Gasteiger partial charge in [-0.2, -0.15) is 0 Å². The van der Waals surface area contributed by atoms with Crippen LogP contribution in [-0.4, -0.2) is 22.4 Å². The summed E-state index contributed by atoms with van der Waals surface area (Å²) in [5.74, 6) is -0.314. The smallest absolute Gasteiger partial charge is 0.123 e. The summed E-state index contributed by atoms with van der Waals surface area (Å²) in [6, 6.07) is 3.66. The number of hydrogen-bond acceptors (Lipinski definition) is 3. The number of aliphatic hydroxyl groups is 1. The lowest BCUT2D eigenvalue weighted by molar-refractivity contribution is 0.0302. The van der Waals surface area contributed by atoms with Gasteiger partial charge in [0, 0.05) is 18.2 Å². The van der Waals surface area contributed by atoms with E-state index in [0.29, 0.717) is 24.9 Å². The van der Waals surface area contributed by atoms with Crippen molar-refractivity contribution < 1.29 is 14.6 Å². The molecule has 3 N–H and O–H groups in total. The molecule has 1 aromatic carbocycles. The van der Waals surface area contributed by atoms with E-state index in [0.717, 1.165) is 0 Å². The zero-order chi connectivity index (χ0) is 13.8. The maximum Gasteiger partial charge on any atom is 0.123 e. The summed E-state index contributed by atoms with van der Waals surface area (Å²) in [7, 11) is 0. The van der Waals surface area contributed by atoms with E-state index in [1.807, 2.05) is 20.8 Å². The van der Waals surface area contributed by atoms with Gasteiger partial charge in [-0.05, 0) is 38.0 Å². The first-order chi connectivity index (χ1) is 8.41. The molecule has 4 heteroatoms. The fraction of sp³-hybridized carbons (Fsp3) is 0.571. The van der Waals surface area contributed by atoms with Crippen molar-refractivity contribution in [2.24, 2.45) is 0 Å². The zero-order valence-corrected chi connectivity index (χ0v) is 11.2. The van der Waals surface area contributed by atoms with Crippen LogP contribution in [-0.2, 0) is 0 Å². The lowest BCUT2D eigenvalue weighted by atomic mass is 9.96. The minimum absolute atomic E-state index is 0.0629. The Bertz CT molecular complexity index is 391. The molecule has 1 rings (SSSR count). The summed E-state index contributed by atoms with van der Waals surface area (Å²) in [6.07, 6.45) is 1.30. The van der Waals surface area contributed by atoms with Crippen molar-refractivity contribution in [3.05, 3.63) is 29.6 Å². The average Bonchev–Trinajstić information content (AvgIpc) is 2.38. The van der Waals surface area contributed by atoms with Crippen LogP contribution in [0.3, 0.4) is 0 Å². The van der Waals surface area contributed by atoms with E-state index in [1.165, 1.54) is 18.2 Å². The Kier molecular flexibility index (Phi) is 5.11. The number of phenolic OH excluding ortho intramolecular Hbond substituents is 1. The summed E-state index contributed by atoms with van der Waals surface area (Å²) in [5, 5.41) is 23.0. The molecule has 0 spiro atoms. The van der Waals surface area contributed by atoms with Gasteiger partial charge in [0.1, 0.15) is 11.6 Å². The zero-order valence-electron chi connectivity index (χ0n) is 11.2. The van der Waals surface area contributed by atoms with E-state index in [1.54, 1.807) is 0 Å². The topological polar surface area (TPSA) is 52.5 Å². The van der Waals surface area contributed by atoms with Crippen molar-refractivity contribution in [3.8, 4) is 5.75 Å². The van der Waals surface area contributed by atoms with Crippen LogP contribution in [0.1, 0.15) is 45.2 Å². The van der Waals surface area contributed by atoms with Gasteiger partial charge in [0.05, 0.1) is 5.60 Å². The van der Waals surface area contributed by atoms with Gasteiger partial charge in [0.25, 0.3) is 0 Å². The minimum Gasteiger partial charge on any atom is -0.508 e. The highest BCUT2D eigenvalue weighted by Crippen LogP contribution is 2.25. The molecule has 1 unspecified atom stereocenters. The van der Waals surface area contributed by atoms with Crippen molar-refractivity contribution in [1.29, 1.82) is 0 Å². The third-order valence-electron chi connectivity index (χ3n) is 3.51. The van der Waals surface area contributed by atoms with Gasteiger partial charge in [0.15, 0.2) is 0 Å². The highest BCUT2D eigenvalue weighted by atomic mass is 19.1. The molecule has 0 heterocycles. The maximum absolute atomic E-state index is 13.1. The molecule has 0 fully saturated rings. The fourth-order valence-corrected chi connectivity index (χ4v) is 1.83. The number of rotatable bonds is 6. The molecule has 0 saturated heterocycles. The second kappa shape index (κ2) is 6.16. The number of hydrogen-bond donors (Lipinski definition) is 3. The molecule has 1 atom stereocenters. The second-order valence-electron chi connectivity index (χ2n) is 4.74. The van der Waals surface area contributed by atoms with Crippen LogP contribution in [0.25, 0.3) is 0 Å². The fourth-order valence-electron chi connectivity index (χ4n) is 1.83. The third-order valence-corrected chi connectivity index (χ3v) is 3.51. The molecule has 0 amide bonds. The van der Waals surface area contributed by atoms with Gasteiger partial charge < -0.3 is 15.5 Å². The Balaban J connectivity index is 2.71. The Morgan fingerprint density at radius 1 is 1.33 bits per heavy atom. The third kappa shape index (κ3) is 3.68. The molecular formula is C14H22FNO2. The summed E-state index contributed by atoms with van der Waals surface area (Å²) in [6.45, 7) is 6.10. The molecular weight excluding hydrogens is 233 g/mol. The normalized spacial score (nSPS) is 13.6. The van der Waals surface area contributed by atoms with Crippen LogP contribution in [0.5, 0.6) is 5.75 Å². The first-order valence-electron chi connectivity index (χ1n) is 6.36. The molecule has 0 saturated carbocycles. The van der Waals surface area contributed by atoms with Crippen LogP contribution < -0.4 is 5.32 Å². The highest BCUT2D eigenvalue weighted by molar-refractivity contribution is 5.34. The van der Waals surface area contributed by atoms with E-state index in [2.05, 4.69) is 5.32 Å². The van der Waals surface area contributed by atoms with Gasteiger partial charge in [0.2, 0.25) is 0 Å². The monoisotopic (exact) mass is 255 g/mol. The number of nitrogens with one attached hydrogen (secondary N) is 1. The van der Waals surface area contributed by atoms with Gasteiger partial charge in [-0.1, -0.05) is 13.8 Å². The molecule has 102 valence electrons. The van der Waals surface area contributed by atoms with Crippen LogP contribution in [0.2, 0.25) is 0 Å². The highest BCUT2D eigenvalue weighted by Gasteiger charge is 2.23. The van der Waals surface area contributed by atoms with E-state index < -0.39 is 5.60 Å². The molecule has 18 heavy (non-hydrogen) atoms. The lowest BCUT2D eigenvalue weighted by Gasteiger charge is -2.28. The van der Waals surface area contributed by atoms with Gasteiger partial charge in [-0.3, -0.25) is 0 Å². The molecule has 3 nitrogen and oxygen atoms in total. The Labute approximate surface area is 108 Å². The minimum atomic E-state index is -0.753. The standard InChI is InChI=1S/C14H22FNO2/c1-4-14(18,5-2)9-16-10(3)12-8-11(15)6-7-13(12)17/h6-8,10,16-18H,4-5,9H2,1-3H3. The number of halogens is 1. The Morgan fingerprint density at radius 3 is 2.50 bits per heavy atom. The van der Waals surface area contributed by atoms with Crippen molar-refractivity contribution in [1.82, 2.24) is 5.32 Å². The largest absolute Gasteiger partial charge is 0.508 e. The lowest BCUT2D eigenvalue weighted by Crippen LogP contribution is -2.40. The first-order valence-corrected chi connectivity index (χ1v) is 6.36. The molecule has 0 aliphatic heterocycles. The first kappa shape index (κ1) is 14.9. The number of benzene rings is 1. The Hall–Kier alpha value is -1.13. The van der Waals surface area contributed by atoms with Crippen LogP contribution in [0.15, 0.2) is 18.2 Å². The van der Waals surface area contributed by atoms with Crippen LogP contribution in [0, 0.1) is 5.82 Å².